The van der Waals surface area contributed by atoms with Gasteiger partial charge >= 0.3 is 0 Å². The average molecular weight is 247 g/mol. The largest absolute Gasteiger partial charge is 0.356 e. The zero-order valence-corrected chi connectivity index (χ0v) is 12.0. The number of aryl methyl sites for hydroxylation is 1. The van der Waals surface area contributed by atoms with Crippen molar-refractivity contribution < 1.29 is 0 Å². The predicted octanol–water partition coefficient (Wildman–Crippen LogP) is 2.52. The molecule has 0 bridgehead atoms. The van der Waals surface area contributed by atoms with Crippen molar-refractivity contribution in [3.05, 3.63) is 23.4 Å². The third-order valence-corrected chi connectivity index (χ3v) is 3.64. The SMILES string of the molecule is Cc1cc(CC(C)N)cnc1N1CCC(C)(C)C1. The van der Waals surface area contributed by atoms with Gasteiger partial charge < -0.3 is 10.6 Å². The minimum absolute atomic E-state index is 0.197. The van der Waals surface area contributed by atoms with E-state index < -0.39 is 0 Å². The first-order valence-corrected chi connectivity index (χ1v) is 6.83. The molecular weight excluding hydrogens is 222 g/mol. The molecule has 0 spiro atoms. The summed E-state index contributed by atoms with van der Waals surface area (Å²) < 4.78 is 0. The average Bonchev–Trinajstić information content (AvgIpc) is 2.58. The minimum Gasteiger partial charge on any atom is -0.356 e. The van der Waals surface area contributed by atoms with Gasteiger partial charge in [-0.3, -0.25) is 0 Å². The molecule has 1 saturated heterocycles. The van der Waals surface area contributed by atoms with Crippen molar-refractivity contribution in [2.75, 3.05) is 18.0 Å². The maximum absolute atomic E-state index is 5.83. The van der Waals surface area contributed by atoms with E-state index in [1.807, 2.05) is 13.1 Å². The van der Waals surface area contributed by atoms with Gasteiger partial charge in [0.2, 0.25) is 0 Å². The summed E-state index contributed by atoms with van der Waals surface area (Å²) in [6.45, 7) is 11.1. The van der Waals surface area contributed by atoms with Gasteiger partial charge in [-0.1, -0.05) is 19.9 Å². The molecular formula is C15H25N3. The Labute approximate surface area is 110 Å². The Bertz CT molecular complexity index is 424. The molecule has 0 aromatic carbocycles. The van der Waals surface area contributed by atoms with Crippen LogP contribution in [0.3, 0.4) is 0 Å². The fraction of sp³-hybridized carbons (Fsp3) is 0.667. The van der Waals surface area contributed by atoms with Crippen LogP contribution in [0, 0.1) is 12.3 Å². The van der Waals surface area contributed by atoms with Crippen molar-refractivity contribution in [1.82, 2.24) is 4.98 Å². The monoisotopic (exact) mass is 247 g/mol. The normalized spacial score (nSPS) is 20.2. The molecule has 2 rings (SSSR count). The molecule has 0 radical (unpaired) electrons. The lowest BCUT2D eigenvalue weighted by Gasteiger charge is -2.22. The Balaban J connectivity index is 2.15. The Kier molecular flexibility index (Phi) is 3.62. The molecule has 2 N–H and O–H groups in total. The molecule has 1 aliphatic rings. The molecule has 2 heterocycles. The highest BCUT2D eigenvalue weighted by atomic mass is 15.2. The summed E-state index contributed by atoms with van der Waals surface area (Å²) in [7, 11) is 0. The standard InChI is InChI=1S/C15H25N3/c1-11-7-13(8-12(2)16)9-17-14(11)18-6-5-15(3,4)10-18/h7,9,12H,5-6,8,10,16H2,1-4H3. The van der Waals surface area contributed by atoms with Crippen LogP contribution in [0.15, 0.2) is 12.3 Å². The first-order valence-electron chi connectivity index (χ1n) is 6.83. The van der Waals surface area contributed by atoms with Crippen LogP contribution in [-0.2, 0) is 6.42 Å². The molecule has 0 amide bonds. The third-order valence-electron chi connectivity index (χ3n) is 3.64. The van der Waals surface area contributed by atoms with E-state index in [0.29, 0.717) is 5.41 Å². The third kappa shape index (κ3) is 3.02. The lowest BCUT2D eigenvalue weighted by Crippen LogP contribution is -2.24. The molecule has 1 unspecified atom stereocenters. The van der Waals surface area contributed by atoms with Crippen LogP contribution in [0.2, 0.25) is 0 Å². The number of aromatic nitrogens is 1. The van der Waals surface area contributed by atoms with Gasteiger partial charge in [-0.05, 0) is 43.2 Å². The van der Waals surface area contributed by atoms with Crippen molar-refractivity contribution in [3.8, 4) is 0 Å². The predicted molar refractivity (Wildman–Crippen MR) is 76.9 cm³/mol. The van der Waals surface area contributed by atoms with E-state index in [-0.39, 0.29) is 6.04 Å². The van der Waals surface area contributed by atoms with E-state index in [4.69, 9.17) is 5.73 Å². The minimum atomic E-state index is 0.197. The number of pyridine rings is 1. The van der Waals surface area contributed by atoms with E-state index in [0.717, 1.165) is 25.3 Å². The summed E-state index contributed by atoms with van der Waals surface area (Å²) in [5, 5.41) is 0. The lowest BCUT2D eigenvalue weighted by atomic mass is 9.93. The first kappa shape index (κ1) is 13.3. The molecule has 1 aromatic rings. The molecule has 3 nitrogen and oxygen atoms in total. The second-order valence-corrected chi connectivity index (χ2v) is 6.50. The number of nitrogens with zero attached hydrogens (tertiary/aromatic N) is 2. The van der Waals surface area contributed by atoms with Crippen LogP contribution in [0.1, 0.15) is 38.3 Å². The second kappa shape index (κ2) is 4.88. The fourth-order valence-electron chi connectivity index (χ4n) is 2.73. The van der Waals surface area contributed by atoms with Gasteiger partial charge in [-0.25, -0.2) is 4.98 Å². The van der Waals surface area contributed by atoms with Crippen molar-refractivity contribution in [2.45, 2.75) is 46.6 Å². The summed E-state index contributed by atoms with van der Waals surface area (Å²) in [6, 6.07) is 2.43. The lowest BCUT2D eigenvalue weighted by molar-refractivity contribution is 0.418. The van der Waals surface area contributed by atoms with Crippen molar-refractivity contribution in [1.29, 1.82) is 0 Å². The van der Waals surface area contributed by atoms with Crippen molar-refractivity contribution >= 4 is 5.82 Å². The van der Waals surface area contributed by atoms with Gasteiger partial charge in [0.15, 0.2) is 0 Å². The Hall–Kier alpha value is -1.09. The number of hydrogen-bond donors (Lipinski definition) is 1. The fourth-order valence-corrected chi connectivity index (χ4v) is 2.73. The smallest absolute Gasteiger partial charge is 0.131 e. The van der Waals surface area contributed by atoms with Gasteiger partial charge in [-0.2, -0.15) is 0 Å². The number of nitrogens with two attached hydrogens (primary N) is 1. The number of hydrogen-bond acceptors (Lipinski definition) is 3. The summed E-state index contributed by atoms with van der Waals surface area (Å²) >= 11 is 0. The molecule has 1 aromatic heterocycles. The zero-order chi connectivity index (χ0) is 13.3. The maximum Gasteiger partial charge on any atom is 0.131 e. The molecule has 1 atom stereocenters. The van der Waals surface area contributed by atoms with E-state index in [9.17, 15) is 0 Å². The topological polar surface area (TPSA) is 42.1 Å². The second-order valence-electron chi connectivity index (χ2n) is 6.50. The van der Waals surface area contributed by atoms with E-state index in [1.54, 1.807) is 0 Å². The maximum atomic E-state index is 5.83. The van der Waals surface area contributed by atoms with E-state index in [2.05, 4.69) is 36.7 Å². The highest BCUT2D eigenvalue weighted by molar-refractivity contribution is 5.48. The Morgan fingerprint density at radius 3 is 2.72 bits per heavy atom. The zero-order valence-electron chi connectivity index (χ0n) is 12.0. The van der Waals surface area contributed by atoms with Crippen LogP contribution in [0.4, 0.5) is 5.82 Å². The summed E-state index contributed by atoms with van der Waals surface area (Å²) in [5.41, 5.74) is 8.76. The van der Waals surface area contributed by atoms with Crippen LogP contribution in [0.25, 0.3) is 0 Å². The molecule has 1 fully saturated rings. The first-order chi connectivity index (χ1) is 8.37. The van der Waals surface area contributed by atoms with Crippen LogP contribution in [-0.4, -0.2) is 24.1 Å². The molecule has 3 heteroatoms. The molecule has 100 valence electrons. The number of rotatable bonds is 3. The molecule has 0 aliphatic carbocycles. The summed E-state index contributed by atoms with van der Waals surface area (Å²) in [5.74, 6) is 1.15. The summed E-state index contributed by atoms with van der Waals surface area (Å²) in [4.78, 5) is 7.06. The highest BCUT2D eigenvalue weighted by Crippen LogP contribution is 2.32. The van der Waals surface area contributed by atoms with Gasteiger partial charge in [0.05, 0.1) is 0 Å². The van der Waals surface area contributed by atoms with Crippen LogP contribution < -0.4 is 10.6 Å². The molecule has 1 aliphatic heterocycles. The van der Waals surface area contributed by atoms with Crippen LogP contribution in [0.5, 0.6) is 0 Å². The van der Waals surface area contributed by atoms with Crippen LogP contribution >= 0.6 is 0 Å². The van der Waals surface area contributed by atoms with Gasteiger partial charge in [-0.15, -0.1) is 0 Å². The van der Waals surface area contributed by atoms with E-state index >= 15 is 0 Å². The van der Waals surface area contributed by atoms with E-state index in [1.165, 1.54) is 17.5 Å². The molecule has 18 heavy (non-hydrogen) atoms. The Morgan fingerprint density at radius 1 is 1.50 bits per heavy atom. The Morgan fingerprint density at radius 2 is 2.22 bits per heavy atom. The van der Waals surface area contributed by atoms with Gasteiger partial charge in [0, 0.05) is 25.3 Å². The van der Waals surface area contributed by atoms with Crippen molar-refractivity contribution in [2.24, 2.45) is 11.1 Å². The van der Waals surface area contributed by atoms with Gasteiger partial charge in [0.25, 0.3) is 0 Å². The summed E-state index contributed by atoms with van der Waals surface area (Å²) in [6.07, 6.45) is 4.13. The molecule has 0 saturated carbocycles. The number of anilines is 1. The highest BCUT2D eigenvalue weighted by Gasteiger charge is 2.30. The quantitative estimate of drug-likeness (QED) is 0.892. The van der Waals surface area contributed by atoms with Gasteiger partial charge in [0.1, 0.15) is 5.82 Å². The van der Waals surface area contributed by atoms with Crippen molar-refractivity contribution in [3.63, 3.8) is 0 Å².